The lowest BCUT2D eigenvalue weighted by Gasteiger charge is -2.32. The SMILES string of the molecule is Cc1cc(C)c(C(=O)C2(C(C)C(=O)O)CCCC2)c(C)c1. The van der Waals surface area contributed by atoms with Crippen molar-refractivity contribution in [3.05, 3.63) is 34.4 Å². The van der Waals surface area contributed by atoms with Crippen molar-refractivity contribution in [3.8, 4) is 0 Å². The van der Waals surface area contributed by atoms with E-state index in [2.05, 4.69) is 0 Å². The lowest BCUT2D eigenvalue weighted by Crippen LogP contribution is -2.39. The van der Waals surface area contributed by atoms with E-state index in [4.69, 9.17) is 0 Å². The van der Waals surface area contributed by atoms with Crippen molar-refractivity contribution in [1.82, 2.24) is 0 Å². The number of carboxylic acids is 1. The summed E-state index contributed by atoms with van der Waals surface area (Å²) >= 11 is 0. The predicted octanol–water partition coefficient (Wildman–Crippen LogP) is 4.08. The van der Waals surface area contributed by atoms with Crippen LogP contribution < -0.4 is 0 Å². The third kappa shape index (κ3) is 2.61. The molecule has 2 rings (SSSR count). The Bertz CT molecular complexity index is 557. The highest BCUT2D eigenvalue weighted by molar-refractivity contribution is 6.05. The van der Waals surface area contributed by atoms with Gasteiger partial charge in [-0.05, 0) is 44.7 Å². The van der Waals surface area contributed by atoms with Gasteiger partial charge in [-0.1, -0.05) is 37.5 Å². The Balaban J connectivity index is 2.53. The van der Waals surface area contributed by atoms with Crippen LogP contribution >= 0.6 is 0 Å². The smallest absolute Gasteiger partial charge is 0.307 e. The Morgan fingerprint density at radius 3 is 2.00 bits per heavy atom. The van der Waals surface area contributed by atoms with Crippen molar-refractivity contribution >= 4 is 11.8 Å². The number of aryl methyl sites for hydroxylation is 3. The van der Waals surface area contributed by atoms with E-state index in [1.165, 1.54) is 0 Å². The van der Waals surface area contributed by atoms with Crippen LogP contribution in [-0.4, -0.2) is 16.9 Å². The van der Waals surface area contributed by atoms with Crippen LogP contribution in [0.5, 0.6) is 0 Å². The lowest BCUT2D eigenvalue weighted by molar-refractivity contribution is -0.144. The maximum absolute atomic E-state index is 13.2. The fourth-order valence-electron chi connectivity index (χ4n) is 3.89. The average Bonchev–Trinajstić information content (AvgIpc) is 2.86. The quantitative estimate of drug-likeness (QED) is 0.849. The molecule has 1 aromatic carbocycles. The number of ketones is 1. The van der Waals surface area contributed by atoms with Crippen LogP contribution in [0.4, 0.5) is 0 Å². The van der Waals surface area contributed by atoms with E-state index in [0.717, 1.165) is 35.1 Å². The van der Waals surface area contributed by atoms with Gasteiger partial charge in [0.25, 0.3) is 0 Å². The molecular weight excluding hydrogens is 264 g/mol. The zero-order valence-corrected chi connectivity index (χ0v) is 13.3. The number of rotatable bonds is 4. The first kappa shape index (κ1) is 15.7. The van der Waals surface area contributed by atoms with Crippen LogP contribution in [0.1, 0.15) is 59.7 Å². The summed E-state index contributed by atoms with van der Waals surface area (Å²) in [4.78, 5) is 24.7. The molecule has 0 saturated heterocycles. The number of aliphatic carboxylic acids is 1. The van der Waals surface area contributed by atoms with Crippen molar-refractivity contribution in [3.63, 3.8) is 0 Å². The zero-order chi connectivity index (χ0) is 15.8. The molecule has 1 atom stereocenters. The summed E-state index contributed by atoms with van der Waals surface area (Å²) in [5.41, 5.74) is 3.06. The molecular formula is C18H24O3. The van der Waals surface area contributed by atoms with E-state index >= 15 is 0 Å². The second-order valence-electron chi connectivity index (χ2n) is 6.53. The molecule has 1 aromatic rings. The van der Waals surface area contributed by atoms with Gasteiger partial charge in [0, 0.05) is 11.0 Å². The fraction of sp³-hybridized carbons (Fsp3) is 0.556. The summed E-state index contributed by atoms with van der Waals surface area (Å²) in [6.45, 7) is 7.59. The first-order chi connectivity index (χ1) is 9.79. The van der Waals surface area contributed by atoms with Gasteiger partial charge in [0.15, 0.2) is 5.78 Å². The molecule has 3 nitrogen and oxygen atoms in total. The number of hydrogen-bond donors (Lipinski definition) is 1. The van der Waals surface area contributed by atoms with Crippen LogP contribution in [-0.2, 0) is 4.79 Å². The number of carbonyl (C=O) groups is 2. The molecule has 1 saturated carbocycles. The standard InChI is InChI=1S/C18H24O3/c1-11-9-12(2)15(13(3)10-11)16(19)18(7-5-6-8-18)14(4)17(20)21/h9-10,14H,5-8H2,1-4H3,(H,20,21). The van der Waals surface area contributed by atoms with Crippen LogP contribution in [0.25, 0.3) is 0 Å². The molecule has 1 aliphatic rings. The average molecular weight is 288 g/mol. The highest BCUT2D eigenvalue weighted by Gasteiger charge is 2.49. The van der Waals surface area contributed by atoms with E-state index in [9.17, 15) is 14.7 Å². The molecule has 0 heterocycles. The summed E-state index contributed by atoms with van der Waals surface area (Å²) < 4.78 is 0. The van der Waals surface area contributed by atoms with E-state index in [1.807, 2.05) is 32.9 Å². The summed E-state index contributed by atoms with van der Waals surface area (Å²) in [6, 6.07) is 4.02. The number of benzene rings is 1. The van der Waals surface area contributed by atoms with Crippen LogP contribution in [0, 0.1) is 32.1 Å². The van der Waals surface area contributed by atoms with Crippen molar-refractivity contribution in [1.29, 1.82) is 0 Å². The van der Waals surface area contributed by atoms with Gasteiger partial charge in [-0.15, -0.1) is 0 Å². The highest BCUT2D eigenvalue weighted by Crippen LogP contribution is 2.47. The Hall–Kier alpha value is -1.64. The van der Waals surface area contributed by atoms with Crippen molar-refractivity contribution in [2.24, 2.45) is 11.3 Å². The van der Waals surface area contributed by atoms with Crippen LogP contribution in [0.15, 0.2) is 12.1 Å². The van der Waals surface area contributed by atoms with Gasteiger partial charge >= 0.3 is 5.97 Å². The number of carbonyl (C=O) groups excluding carboxylic acids is 1. The first-order valence-electron chi connectivity index (χ1n) is 7.65. The lowest BCUT2D eigenvalue weighted by atomic mass is 9.68. The Labute approximate surface area is 126 Å². The topological polar surface area (TPSA) is 54.4 Å². The molecule has 21 heavy (non-hydrogen) atoms. The van der Waals surface area contributed by atoms with Gasteiger partial charge in [0.2, 0.25) is 0 Å². The molecule has 1 N–H and O–H groups in total. The Morgan fingerprint density at radius 1 is 1.10 bits per heavy atom. The summed E-state index contributed by atoms with van der Waals surface area (Å²) in [5, 5.41) is 9.43. The van der Waals surface area contributed by atoms with E-state index in [1.54, 1.807) is 6.92 Å². The third-order valence-electron chi connectivity index (χ3n) is 5.05. The van der Waals surface area contributed by atoms with Crippen LogP contribution in [0.2, 0.25) is 0 Å². The number of carboxylic acid groups (broad SMARTS) is 1. The normalized spacial score (nSPS) is 18.5. The van der Waals surface area contributed by atoms with Gasteiger partial charge in [0.05, 0.1) is 5.92 Å². The van der Waals surface area contributed by atoms with E-state index in [-0.39, 0.29) is 5.78 Å². The molecule has 0 bridgehead atoms. The van der Waals surface area contributed by atoms with E-state index < -0.39 is 17.3 Å². The minimum atomic E-state index is -0.868. The third-order valence-corrected chi connectivity index (χ3v) is 5.05. The largest absolute Gasteiger partial charge is 0.481 e. The molecule has 1 fully saturated rings. The summed E-state index contributed by atoms with van der Waals surface area (Å²) in [7, 11) is 0. The molecule has 0 amide bonds. The minimum Gasteiger partial charge on any atom is -0.481 e. The molecule has 1 unspecified atom stereocenters. The molecule has 1 aliphatic carbocycles. The maximum Gasteiger partial charge on any atom is 0.307 e. The van der Waals surface area contributed by atoms with Crippen molar-refractivity contribution in [2.45, 2.75) is 53.4 Å². The number of hydrogen-bond acceptors (Lipinski definition) is 2. The number of Topliss-reactive ketones (excluding diaryl/α,β-unsaturated/α-hetero) is 1. The molecule has 0 radical (unpaired) electrons. The molecule has 0 aliphatic heterocycles. The molecule has 114 valence electrons. The van der Waals surface area contributed by atoms with Gasteiger partial charge < -0.3 is 5.11 Å². The zero-order valence-electron chi connectivity index (χ0n) is 13.3. The van der Waals surface area contributed by atoms with Gasteiger partial charge in [-0.2, -0.15) is 0 Å². The predicted molar refractivity (Wildman–Crippen MR) is 82.7 cm³/mol. The molecule has 0 aromatic heterocycles. The monoisotopic (exact) mass is 288 g/mol. The van der Waals surface area contributed by atoms with E-state index in [0.29, 0.717) is 12.8 Å². The second kappa shape index (κ2) is 5.63. The van der Waals surface area contributed by atoms with Crippen molar-refractivity contribution < 1.29 is 14.7 Å². The first-order valence-corrected chi connectivity index (χ1v) is 7.65. The second-order valence-corrected chi connectivity index (χ2v) is 6.53. The summed E-state index contributed by atoms with van der Waals surface area (Å²) in [6.07, 6.45) is 3.25. The molecule has 0 spiro atoms. The van der Waals surface area contributed by atoms with Gasteiger partial charge in [-0.25, -0.2) is 0 Å². The Morgan fingerprint density at radius 2 is 1.57 bits per heavy atom. The van der Waals surface area contributed by atoms with Crippen molar-refractivity contribution in [2.75, 3.05) is 0 Å². The minimum absolute atomic E-state index is 0.0323. The fourth-order valence-corrected chi connectivity index (χ4v) is 3.89. The molecule has 3 heteroatoms. The van der Waals surface area contributed by atoms with Gasteiger partial charge in [-0.3, -0.25) is 9.59 Å². The maximum atomic E-state index is 13.2. The van der Waals surface area contributed by atoms with Gasteiger partial charge in [0.1, 0.15) is 0 Å². The Kier molecular flexibility index (Phi) is 4.22. The highest BCUT2D eigenvalue weighted by atomic mass is 16.4. The summed E-state index contributed by atoms with van der Waals surface area (Å²) in [5.74, 6) is -1.47. The van der Waals surface area contributed by atoms with Crippen LogP contribution in [0.3, 0.4) is 0 Å².